The fourth-order valence-electron chi connectivity index (χ4n) is 3.08. The van der Waals surface area contributed by atoms with Crippen molar-refractivity contribution in [1.29, 1.82) is 0 Å². The molecular weight excluding hydrogens is 440 g/mol. The highest BCUT2D eigenvalue weighted by molar-refractivity contribution is 7.98. The zero-order chi connectivity index (χ0) is 23.1. The van der Waals surface area contributed by atoms with Crippen molar-refractivity contribution in [3.63, 3.8) is 0 Å². The standard InChI is InChI=1S/C25H28N2O3S2/c1-18-4-9-21(10-5-18)17-31-15-14-26-25(28)22-11-8-20(3)24(16-22)32(29,30)27-23-12-6-19(2)7-13-23/h4-13,16,27H,14-15,17H2,1-3H3,(H,26,28). The molecule has 0 aliphatic carbocycles. The first-order valence-electron chi connectivity index (χ1n) is 10.4. The van der Waals surface area contributed by atoms with E-state index >= 15 is 0 Å². The summed E-state index contributed by atoms with van der Waals surface area (Å²) >= 11 is 1.74. The van der Waals surface area contributed by atoms with Crippen LogP contribution in [-0.2, 0) is 15.8 Å². The number of aryl methyl sites for hydroxylation is 3. The first kappa shape index (κ1) is 23.9. The van der Waals surface area contributed by atoms with E-state index in [1.165, 1.54) is 17.2 Å². The van der Waals surface area contributed by atoms with Crippen LogP contribution in [0.5, 0.6) is 0 Å². The van der Waals surface area contributed by atoms with Gasteiger partial charge in [-0.25, -0.2) is 8.42 Å². The molecule has 5 nitrogen and oxygen atoms in total. The van der Waals surface area contributed by atoms with E-state index in [1.54, 1.807) is 43.0 Å². The molecule has 0 spiro atoms. The highest BCUT2D eigenvalue weighted by Crippen LogP contribution is 2.21. The Balaban J connectivity index is 1.58. The number of hydrogen-bond acceptors (Lipinski definition) is 4. The quantitative estimate of drug-likeness (QED) is 0.430. The zero-order valence-electron chi connectivity index (χ0n) is 18.5. The van der Waals surface area contributed by atoms with Crippen LogP contribution in [0.2, 0.25) is 0 Å². The van der Waals surface area contributed by atoms with E-state index in [1.807, 2.05) is 19.1 Å². The maximum Gasteiger partial charge on any atom is 0.262 e. The number of nitrogens with one attached hydrogen (secondary N) is 2. The third kappa shape index (κ3) is 6.61. The second-order valence-corrected chi connectivity index (χ2v) is 10.5. The highest BCUT2D eigenvalue weighted by Gasteiger charge is 2.19. The number of rotatable bonds is 9. The van der Waals surface area contributed by atoms with Gasteiger partial charge in [-0.3, -0.25) is 9.52 Å². The topological polar surface area (TPSA) is 75.3 Å². The summed E-state index contributed by atoms with van der Waals surface area (Å²) in [6.45, 7) is 6.22. The average Bonchev–Trinajstić information content (AvgIpc) is 2.76. The molecule has 32 heavy (non-hydrogen) atoms. The molecule has 3 rings (SSSR count). The van der Waals surface area contributed by atoms with E-state index in [0.29, 0.717) is 23.4 Å². The molecule has 0 saturated carbocycles. The van der Waals surface area contributed by atoms with Gasteiger partial charge >= 0.3 is 0 Å². The van der Waals surface area contributed by atoms with Crippen molar-refractivity contribution in [1.82, 2.24) is 5.32 Å². The SMILES string of the molecule is Cc1ccc(CSCCNC(=O)c2ccc(C)c(S(=O)(=O)Nc3ccc(C)cc3)c2)cc1. The van der Waals surface area contributed by atoms with Gasteiger partial charge in [0.05, 0.1) is 4.90 Å². The van der Waals surface area contributed by atoms with E-state index in [2.05, 4.69) is 41.2 Å². The molecule has 0 saturated heterocycles. The van der Waals surface area contributed by atoms with E-state index in [0.717, 1.165) is 17.1 Å². The lowest BCUT2D eigenvalue weighted by atomic mass is 10.1. The zero-order valence-corrected chi connectivity index (χ0v) is 20.1. The van der Waals surface area contributed by atoms with E-state index in [-0.39, 0.29) is 10.8 Å². The van der Waals surface area contributed by atoms with E-state index in [4.69, 9.17) is 0 Å². The Morgan fingerprint density at radius 2 is 1.50 bits per heavy atom. The first-order chi connectivity index (χ1) is 15.2. The monoisotopic (exact) mass is 468 g/mol. The maximum atomic E-state index is 12.9. The summed E-state index contributed by atoms with van der Waals surface area (Å²) in [5.74, 6) is 1.37. The summed E-state index contributed by atoms with van der Waals surface area (Å²) in [5, 5.41) is 2.87. The smallest absolute Gasteiger partial charge is 0.262 e. The number of benzene rings is 3. The molecule has 3 aromatic rings. The summed E-state index contributed by atoms with van der Waals surface area (Å²) in [4.78, 5) is 12.7. The van der Waals surface area contributed by atoms with Crippen LogP contribution in [0.1, 0.15) is 32.6 Å². The van der Waals surface area contributed by atoms with Crippen LogP contribution in [0, 0.1) is 20.8 Å². The van der Waals surface area contributed by atoms with Gasteiger partial charge in [0, 0.05) is 29.3 Å². The molecule has 0 aliphatic rings. The number of amides is 1. The van der Waals surface area contributed by atoms with Gasteiger partial charge in [0.15, 0.2) is 0 Å². The molecule has 0 aromatic heterocycles. The van der Waals surface area contributed by atoms with Gasteiger partial charge in [-0.15, -0.1) is 0 Å². The van der Waals surface area contributed by atoms with Crippen LogP contribution in [-0.4, -0.2) is 26.6 Å². The summed E-state index contributed by atoms with van der Waals surface area (Å²) in [6, 6.07) is 20.2. The molecule has 0 unspecified atom stereocenters. The van der Waals surface area contributed by atoms with Gasteiger partial charge in [0.1, 0.15) is 0 Å². The molecule has 7 heteroatoms. The molecule has 0 atom stereocenters. The van der Waals surface area contributed by atoms with Gasteiger partial charge < -0.3 is 5.32 Å². The Kier molecular flexibility index (Phi) is 7.99. The Morgan fingerprint density at radius 3 is 2.16 bits per heavy atom. The minimum absolute atomic E-state index is 0.0967. The molecule has 3 aromatic carbocycles. The number of carbonyl (C=O) groups excluding carboxylic acids is 1. The predicted molar refractivity (Wildman–Crippen MR) is 133 cm³/mol. The number of sulfonamides is 1. The van der Waals surface area contributed by atoms with Crippen LogP contribution in [0.25, 0.3) is 0 Å². The number of carbonyl (C=O) groups is 1. The molecule has 0 fully saturated rings. The molecule has 0 bridgehead atoms. The van der Waals surface area contributed by atoms with Crippen molar-refractivity contribution in [2.45, 2.75) is 31.4 Å². The minimum atomic E-state index is -3.81. The molecule has 168 valence electrons. The van der Waals surface area contributed by atoms with Gasteiger partial charge in [-0.05, 0) is 56.2 Å². The molecule has 0 heterocycles. The van der Waals surface area contributed by atoms with Crippen molar-refractivity contribution < 1.29 is 13.2 Å². The summed E-state index contributed by atoms with van der Waals surface area (Å²) < 4.78 is 28.4. The number of anilines is 1. The Labute approximate surface area is 194 Å². The number of hydrogen-bond donors (Lipinski definition) is 2. The normalized spacial score (nSPS) is 11.2. The Bertz CT molecular complexity index is 1170. The molecule has 0 radical (unpaired) electrons. The molecular formula is C25H28N2O3S2. The first-order valence-corrected chi connectivity index (χ1v) is 13.0. The lowest BCUT2D eigenvalue weighted by Gasteiger charge is -2.12. The van der Waals surface area contributed by atoms with Crippen molar-refractivity contribution in [3.05, 3.63) is 94.5 Å². The summed E-state index contributed by atoms with van der Waals surface area (Å²) in [6.07, 6.45) is 0. The summed E-state index contributed by atoms with van der Waals surface area (Å²) in [7, 11) is -3.81. The van der Waals surface area contributed by atoms with Gasteiger partial charge in [-0.1, -0.05) is 53.6 Å². The van der Waals surface area contributed by atoms with Gasteiger partial charge in [0.2, 0.25) is 0 Å². The van der Waals surface area contributed by atoms with Crippen LogP contribution >= 0.6 is 11.8 Å². The fourth-order valence-corrected chi connectivity index (χ4v) is 5.22. The van der Waals surface area contributed by atoms with Crippen molar-refractivity contribution >= 4 is 33.4 Å². The fraction of sp³-hybridized carbons (Fsp3) is 0.240. The van der Waals surface area contributed by atoms with Crippen LogP contribution in [0.4, 0.5) is 5.69 Å². The van der Waals surface area contributed by atoms with Crippen LogP contribution in [0.3, 0.4) is 0 Å². The maximum absolute atomic E-state index is 12.9. The minimum Gasteiger partial charge on any atom is -0.351 e. The summed E-state index contributed by atoms with van der Waals surface area (Å²) in [5.41, 5.74) is 4.91. The lowest BCUT2D eigenvalue weighted by Crippen LogP contribution is -2.26. The van der Waals surface area contributed by atoms with Gasteiger partial charge in [0.25, 0.3) is 15.9 Å². The highest BCUT2D eigenvalue weighted by atomic mass is 32.2. The van der Waals surface area contributed by atoms with Crippen molar-refractivity contribution in [2.75, 3.05) is 17.0 Å². The molecule has 1 amide bonds. The van der Waals surface area contributed by atoms with E-state index < -0.39 is 10.0 Å². The second-order valence-electron chi connectivity index (χ2n) is 7.75. The average molecular weight is 469 g/mol. The Morgan fingerprint density at radius 1 is 0.875 bits per heavy atom. The van der Waals surface area contributed by atoms with Gasteiger partial charge in [-0.2, -0.15) is 11.8 Å². The Hall–Kier alpha value is -2.77. The second kappa shape index (κ2) is 10.7. The lowest BCUT2D eigenvalue weighted by molar-refractivity contribution is 0.0956. The third-order valence-corrected chi connectivity index (χ3v) is 7.52. The predicted octanol–water partition coefficient (Wildman–Crippen LogP) is 5.08. The van der Waals surface area contributed by atoms with Crippen molar-refractivity contribution in [3.8, 4) is 0 Å². The van der Waals surface area contributed by atoms with Crippen molar-refractivity contribution in [2.24, 2.45) is 0 Å². The molecule has 2 N–H and O–H groups in total. The largest absolute Gasteiger partial charge is 0.351 e. The molecule has 0 aliphatic heterocycles. The van der Waals surface area contributed by atoms with E-state index in [9.17, 15) is 13.2 Å². The number of thioether (sulfide) groups is 1. The van der Waals surface area contributed by atoms with Crippen LogP contribution in [0.15, 0.2) is 71.6 Å². The third-order valence-electron chi connectivity index (χ3n) is 4.96. The van der Waals surface area contributed by atoms with Crippen LogP contribution < -0.4 is 10.0 Å².